The lowest BCUT2D eigenvalue weighted by atomic mass is 9.95. The fraction of sp³-hybridized carbons (Fsp3) is 0.0667. The van der Waals surface area contributed by atoms with Crippen molar-refractivity contribution in [2.45, 2.75) is 6.04 Å². The van der Waals surface area contributed by atoms with E-state index in [1.54, 1.807) is 18.3 Å². The molecule has 1 aromatic carbocycles. The van der Waals surface area contributed by atoms with Gasteiger partial charge in [0.15, 0.2) is 12.0 Å². The van der Waals surface area contributed by atoms with Crippen LogP contribution in [0, 0.1) is 32.2 Å². The molecule has 26 heavy (non-hydrogen) atoms. The van der Waals surface area contributed by atoms with Gasteiger partial charge in [-0.15, -0.1) is 0 Å². The Hall–Kier alpha value is -2.64. The number of nitrogen functional groups attached to an aromatic ring is 2. The predicted molar refractivity (Wildman–Crippen MR) is 106 cm³/mol. The van der Waals surface area contributed by atoms with Crippen molar-refractivity contribution in [2.24, 2.45) is 4.99 Å². The molecule has 0 amide bonds. The molecule has 2 heterocycles. The Bertz CT molecular complexity index is 1040. The van der Waals surface area contributed by atoms with Gasteiger partial charge in [-0.2, -0.15) is 10.5 Å². The van der Waals surface area contributed by atoms with Gasteiger partial charge in [-0.05, 0) is 50.2 Å². The number of benzene rings is 1. The summed E-state index contributed by atoms with van der Waals surface area (Å²) in [6.45, 7) is 0. The van der Waals surface area contributed by atoms with Crippen LogP contribution in [0.3, 0.4) is 0 Å². The summed E-state index contributed by atoms with van der Waals surface area (Å²) in [7, 11) is 0. The summed E-state index contributed by atoms with van der Waals surface area (Å²) in [4.78, 5) is 8.55. The standard InChI is InChI=1S/C15H9BrFIN8/c16-7-2-1-5(10(18)9(7)17)12-8-11(21)6(3-19)13(22)25-14(8)26-15(24-12)23-4-20/h1-2,12H,(H6,21,22,23,24,25,26). The van der Waals surface area contributed by atoms with Crippen LogP contribution in [0.1, 0.15) is 22.7 Å². The lowest BCUT2D eigenvalue weighted by Crippen LogP contribution is -2.33. The Labute approximate surface area is 169 Å². The molecule has 1 unspecified atom stereocenters. The molecule has 0 saturated carbocycles. The van der Waals surface area contributed by atoms with E-state index in [9.17, 15) is 9.65 Å². The third-order valence-electron chi connectivity index (χ3n) is 3.72. The molecule has 1 atom stereocenters. The highest BCUT2D eigenvalue weighted by Crippen LogP contribution is 2.42. The number of nitrogens with one attached hydrogen (secondary N) is 2. The third-order valence-corrected chi connectivity index (χ3v) is 5.43. The van der Waals surface area contributed by atoms with Crippen LogP contribution < -0.4 is 22.1 Å². The minimum atomic E-state index is -0.781. The van der Waals surface area contributed by atoms with E-state index in [2.05, 4.69) is 36.5 Å². The molecule has 2 aromatic rings. The first kappa shape index (κ1) is 18.2. The van der Waals surface area contributed by atoms with Gasteiger partial charge in [0, 0.05) is 5.56 Å². The summed E-state index contributed by atoms with van der Waals surface area (Å²) in [5.41, 5.74) is 12.9. The molecule has 3 rings (SSSR count). The molecule has 0 spiro atoms. The van der Waals surface area contributed by atoms with E-state index in [0.29, 0.717) is 19.2 Å². The molecule has 1 aromatic heterocycles. The van der Waals surface area contributed by atoms with Crippen molar-refractivity contribution in [2.75, 3.05) is 16.8 Å². The summed E-state index contributed by atoms with van der Waals surface area (Å²) < 4.78 is 15.0. The smallest absolute Gasteiger partial charge is 0.211 e. The summed E-state index contributed by atoms with van der Waals surface area (Å²) in [6.07, 6.45) is 1.76. The molecule has 0 radical (unpaired) electrons. The largest absolute Gasteiger partial charge is 0.397 e. The molecule has 1 aliphatic rings. The Morgan fingerprint density at radius 3 is 2.73 bits per heavy atom. The molecule has 0 aliphatic carbocycles. The zero-order valence-electron chi connectivity index (χ0n) is 12.8. The van der Waals surface area contributed by atoms with Gasteiger partial charge >= 0.3 is 0 Å². The molecule has 6 N–H and O–H groups in total. The van der Waals surface area contributed by atoms with Crippen LogP contribution in [0.25, 0.3) is 0 Å². The van der Waals surface area contributed by atoms with Crippen molar-refractivity contribution in [1.29, 1.82) is 10.5 Å². The van der Waals surface area contributed by atoms with Crippen molar-refractivity contribution in [1.82, 2.24) is 10.3 Å². The van der Waals surface area contributed by atoms with Gasteiger partial charge in [-0.25, -0.2) is 14.4 Å². The van der Waals surface area contributed by atoms with E-state index < -0.39 is 11.9 Å². The van der Waals surface area contributed by atoms with E-state index in [0.717, 1.165) is 0 Å². The first-order valence-electron chi connectivity index (χ1n) is 7.01. The maximum Gasteiger partial charge on any atom is 0.211 e. The van der Waals surface area contributed by atoms with Gasteiger partial charge < -0.3 is 16.8 Å². The SMILES string of the molecule is N#CNC1=NC(c2ccc(Br)c(F)c2I)c2c(nc(N)c(C#N)c2N)N1. The lowest BCUT2D eigenvalue weighted by molar-refractivity contribution is 0.608. The fourth-order valence-electron chi connectivity index (χ4n) is 2.56. The first-order chi connectivity index (χ1) is 12.4. The number of aliphatic imine (C=N–C) groups is 1. The van der Waals surface area contributed by atoms with Crippen molar-refractivity contribution >= 4 is 61.8 Å². The Kier molecular flexibility index (Phi) is 4.84. The van der Waals surface area contributed by atoms with Crippen LogP contribution in [0.2, 0.25) is 0 Å². The number of fused-ring (bicyclic) bond motifs is 1. The van der Waals surface area contributed by atoms with E-state index in [1.165, 1.54) is 0 Å². The number of aromatic nitrogens is 1. The molecule has 130 valence electrons. The molecule has 0 saturated heterocycles. The molecule has 0 fully saturated rings. The number of anilines is 3. The van der Waals surface area contributed by atoms with Gasteiger partial charge in [0.05, 0.1) is 13.7 Å². The number of nitriles is 2. The number of nitrogens with zero attached hydrogens (tertiary/aromatic N) is 4. The number of hydrogen-bond acceptors (Lipinski definition) is 8. The summed E-state index contributed by atoms with van der Waals surface area (Å²) in [5.74, 6) is -0.142. The van der Waals surface area contributed by atoms with Gasteiger partial charge in [0.25, 0.3) is 0 Å². The Morgan fingerprint density at radius 2 is 2.08 bits per heavy atom. The topological polar surface area (TPSA) is 149 Å². The third kappa shape index (κ3) is 2.89. The Morgan fingerprint density at radius 1 is 1.35 bits per heavy atom. The highest BCUT2D eigenvalue weighted by Gasteiger charge is 2.31. The number of rotatable bonds is 1. The van der Waals surface area contributed by atoms with Crippen molar-refractivity contribution in [3.8, 4) is 12.3 Å². The maximum atomic E-state index is 14.4. The van der Waals surface area contributed by atoms with Crippen molar-refractivity contribution < 1.29 is 4.39 Å². The molecular weight excluding hydrogens is 518 g/mol. The molecule has 11 heteroatoms. The second kappa shape index (κ2) is 6.93. The van der Waals surface area contributed by atoms with E-state index in [1.807, 2.05) is 28.7 Å². The molecule has 0 bridgehead atoms. The van der Waals surface area contributed by atoms with Crippen LogP contribution in [0.4, 0.5) is 21.7 Å². The van der Waals surface area contributed by atoms with Crippen molar-refractivity contribution in [3.05, 3.63) is 42.7 Å². The van der Waals surface area contributed by atoms with Crippen molar-refractivity contribution in [3.63, 3.8) is 0 Å². The monoisotopic (exact) mass is 526 g/mol. The zero-order valence-corrected chi connectivity index (χ0v) is 16.6. The van der Waals surface area contributed by atoms with E-state index in [-0.39, 0.29) is 28.8 Å². The second-order valence-corrected chi connectivity index (χ2v) is 7.10. The van der Waals surface area contributed by atoms with Gasteiger partial charge in [0.1, 0.15) is 29.3 Å². The van der Waals surface area contributed by atoms with Crippen LogP contribution in [0.5, 0.6) is 0 Å². The van der Waals surface area contributed by atoms with Crippen LogP contribution >= 0.6 is 38.5 Å². The van der Waals surface area contributed by atoms with Gasteiger partial charge in [-0.3, -0.25) is 5.32 Å². The van der Waals surface area contributed by atoms with Crippen LogP contribution in [0.15, 0.2) is 21.6 Å². The number of hydrogen-bond donors (Lipinski definition) is 4. The fourth-order valence-corrected chi connectivity index (χ4v) is 4.02. The number of nitrogens with two attached hydrogens (primary N) is 2. The minimum Gasteiger partial charge on any atom is -0.397 e. The summed E-state index contributed by atoms with van der Waals surface area (Å²) in [6, 6.07) is 4.37. The molecular formula is C15H9BrFIN8. The zero-order chi connectivity index (χ0) is 19.0. The first-order valence-corrected chi connectivity index (χ1v) is 8.88. The quantitative estimate of drug-likeness (QED) is 0.193. The highest BCUT2D eigenvalue weighted by atomic mass is 127. The average molecular weight is 527 g/mol. The second-order valence-electron chi connectivity index (χ2n) is 5.17. The number of guanidine groups is 1. The highest BCUT2D eigenvalue weighted by molar-refractivity contribution is 14.1. The van der Waals surface area contributed by atoms with Gasteiger partial charge in [0.2, 0.25) is 5.96 Å². The van der Waals surface area contributed by atoms with Crippen LogP contribution in [-0.4, -0.2) is 10.9 Å². The average Bonchev–Trinajstić information content (AvgIpc) is 2.59. The normalized spacial score (nSPS) is 15.1. The maximum absolute atomic E-state index is 14.4. The predicted octanol–water partition coefficient (Wildman–Crippen LogP) is 2.57. The van der Waals surface area contributed by atoms with E-state index >= 15 is 0 Å². The molecule has 1 aliphatic heterocycles. The van der Waals surface area contributed by atoms with E-state index in [4.69, 9.17) is 16.7 Å². The summed E-state index contributed by atoms with van der Waals surface area (Å²) >= 11 is 5.00. The Balaban J connectivity index is 2.31. The molecule has 8 nitrogen and oxygen atoms in total. The number of halogens is 3. The number of pyridine rings is 1. The van der Waals surface area contributed by atoms with Gasteiger partial charge in [-0.1, -0.05) is 6.07 Å². The minimum absolute atomic E-state index is 0.0232. The summed E-state index contributed by atoms with van der Waals surface area (Å²) in [5, 5.41) is 23.4. The lowest BCUT2D eigenvalue weighted by Gasteiger charge is -2.27. The van der Waals surface area contributed by atoms with Crippen LogP contribution in [-0.2, 0) is 0 Å².